The van der Waals surface area contributed by atoms with Gasteiger partial charge in [0.1, 0.15) is 5.56 Å². The lowest BCUT2D eigenvalue weighted by molar-refractivity contribution is 0.0748. The van der Waals surface area contributed by atoms with Crippen LogP contribution in [0.3, 0.4) is 0 Å². The third-order valence-corrected chi connectivity index (χ3v) is 4.87. The first kappa shape index (κ1) is 16.9. The number of anilines is 1. The van der Waals surface area contributed by atoms with Crippen LogP contribution in [-0.4, -0.2) is 61.6 Å². The molecule has 3 aromatic rings. The molecule has 0 atom stereocenters. The summed E-state index contributed by atoms with van der Waals surface area (Å²) in [6.07, 6.45) is 5.08. The molecule has 1 aliphatic heterocycles. The molecule has 4 heterocycles. The molecule has 0 aromatic carbocycles. The van der Waals surface area contributed by atoms with E-state index in [-0.39, 0.29) is 5.91 Å². The Morgan fingerprint density at radius 3 is 2.46 bits per heavy atom. The van der Waals surface area contributed by atoms with Gasteiger partial charge in [0.15, 0.2) is 5.65 Å². The summed E-state index contributed by atoms with van der Waals surface area (Å²) in [6.45, 7) is 6.49. The monoisotopic (exact) mass is 415 g/mol. The highest BCUT2D eigenvalue weighted by Crippen LogP contribution is 2.17. The smallest absolute Gasteiger partial charge is 0.259 e. The van der Waals surface area contributed by atoms with Crippen LogP contribution in [0.25, 0.3) is 5.65 Å². The maximum absolute atomic E-state index is 13.0. The van der Waals surface area contributed by atoms with Crippen LogP contribution in [0.2, 0.25) is 0 Å². The highest BCUT2D eigenvalue weighted by molar-refractivity contribution is 9.10. The third-order valence-electron chi connectivity index (χ3n) is 4.46. The Kier molecular flexibility index (Phi) is 4.31. The predicted octanol–water partition coefficient (Wildman–Crippen LogP) is 1.86. The van der Waals surface area contributed by atoms with E-state index in [1.807, 2.05) is 24.8 Å². The number of amides is 1. The number of halogens is 1. The maximum Gasteiger partial charge on any atom is 0.259 e. The van der Waals surface area contributed by atoms with Gasteiger partial charge in [-0.05, 0) is 35.8 Å². The summed E-state index contributed by atoms with van der Waals surface area (Å²) in [5, 5.41) is 4.32. The molecule has 1 aliphatic rings. The molecular weight excluding hydrogens is 398 g/mol. The van der Waals surface area contributed by atoms with Gasteiger partial charge in [0.05, 0.1) is 10.7 Å². The van der Waals surface area contributed by atoms with E-state index in [0.29, 0.717) is 43.3 Å². The van der Waals surface area contributed by atoms with Crippen molar-refractivity contribution in [3.8, 4) is 0 Å². The molecule has 0 bridgehead atoms. The molecule has 0 N–H and O–H groups in total. The van der Waals surface area contributed by atoms with Crippen molar-refractivity contribution in [3.63, 3.8) is 0 Å². The van der Waals surface area contributed by atoms with Crippen molar-refractivity contribution in [2.45, 2.75) is 13.8 Å². The van der Waals surface area contributed by atoms with Crippen LogP contribution in [0, 0.1) is 13.8 Å². The molecule has 0 radical (unpaired) electrons. The fraction of sp³-hybridized carbons (Fsp3) is 0.353. The normalized spacial score (nSPS) is 14.9. The van der Waals surface area contributed by atoms with E-state index >= 15 is 0 Å². The Balaban J connectivity index is 1.51. The van der Waals surface area contributed by atoms with E-state index in [4.69, 9.17) is 0 Å². The van der Waals surface area contributed by atoms with Crippen LogP contribution in [-0.2, 0) is 0 Å². The Hall–Kier alpha value is -2.55. The topological polar surface area (TPSA) is 79.5 Å². The van der Waals surface area contributed by atoms with Crippen molar-refractivity contribution < 1.29 is 4.79 Å². The van der Waals surface area contributed by atoms with Crippen LogP contribution in [0.5, 0.6) is 0 Å². The molecule has 1 amide bonds. The zero-order chi connectivity index (χ0) is 18.3. The SMILES string of the molecule is Cc1cc(C)n2ncc(C(=O)N3CCN(c4ncc(Br)cn4)CC3)c2n1. The zero-order valence-electron chi connectivity index (χ0n) is 14.6. The largest absolute Gasteiger partial charge is 0.337 e. The predicted molar refractivity (Wildman–Crippen MR) is 100 cm³/mol. The summed E-state index contributed by atoms with van der Waals surface area (Å²) in [7, 11) is 0. The van der Waals surface area contributed by atoms with Gasteiger partial charge >= 0.3 is 0 Å². The fourth-order valence-electron chi connectivity index (χ4n) is 3.17. The highest BCUT2D eigenvalue weighted by atomic mass is 79.9. The molecule has 26 heavy (non-hydrogen) atoms. The minimum absolute atomic E-state index is 0.0334. The lowest BCUT2D eigenvalue weighted by Gasteiger charge is -2.34. The van der Waals surface area contributed by atoms with Crippen LogP contribution >= 0.6 is 15.9 Å². The minimum Gasteiger partial charge on any atom is -0.337 e. The number of fused-ring (bicyclic) bond motifs is 1. The second-order valence-electron chi connectivity index (χ2n) is 6.31. The van der Waals surface area contributed by atoms with Gasteiger partial charge in [0.2, 0.25) is 5.95 Å². The molecule has 0 saturated carbocycles. The van der Waals surface area contributed by atoms with Crippen molar-refractivity contribution in [1.82, 2.24) is 29.5 Å². The van der Waals surface area contributed by atoms with Gasteiger partial charge in [-0.3, -0.25) is 4.79 Å². The van der Waals surface area contributed by atoms with Crippen molar-refractivity contribution in [1.29, 1.82) is 0 Å². The number of aryl methyl sites for hydroxylation is 2. The molecule has 134 valence electrons. The second kappa shape index (κ2) is 6.64. The summed E-state index contributed by atoms with van der Waals surface area (Å²) in [5.74, 6) is 0.651. The Bertz CT molecular complexity index is 961. The Morgan fingerprint density at radius 1 is 1.08 bits per heavy atom. The summed E-state index contributed by atoms with van der Waals surface area (Å²) in [5.41, 5.74) is 3.00. The number of piperazine rings is 1. The minimum atomic E-state index is -0.0334. The van der Waals surface area contributed by atoms with E-state index in [0.717, 1.165) is 15.9 Å². The molecule has 8 nitrogen and oxygen atoms in total. The lowest BCUT2D eigenvalue weighted by Crippen LogP contribution is -2.49. The molecule has 1 fully saturated rings. The molecule has 0 spiro atoms. The molecule has 0 aliphatic carbocycles. The summed E-state index contributed by atoms with van der Waals surface area (Å²) in [6, 6.07) is 1.95. The van der Waals surface area contributed by atoms with Gasteiger partial charge in [-0.15, -0.1) is 0 Å². The van der Waals surface area contributed by atoms with Gasteiger partial charge in [-0.25, -0.2) is 19.5 Å². The van der Waals surface area contributed by atoms with E-state index in [2.05, 4.69) is 40.9 Å². The fourth-order valence-corrected chi connectivity index (χ4v) is 3.37. The van der Waals surface area contributed by atoms with E-state index in [9.17, 15) is 4.79 Å². The van der Waals surface area contributed by atoms with Crippen molar-refractivity contribution >= 4 is 33.4 Å². The Morgan fingerprint density at radius 2 is 1.77 bits per heavy atom. The number of hydrogen-bond donors (Lipinski definition) is 0. The molecule has 3 aromatic heterocycles. The quantitative estimate of drug-likeness (QED) is 0.635. The van der Waals surface area contributed by atoms with Crippen LogP contribution < -0.4 is 4.90 Å². The summed E-state index contributed by atoms with van der Waals surface area (Å²) in [4.78, 5) is 30.0. The number of rotatable bonds is 2. The second-order valence-corrected chi connectivity index (χ2v) is 7.23. The van der Waals surface area contributed by atoms with E-state index in [1.165, 1.54) is 0 Å². The molecule has 1 saturated heterocycles. The number of aromatic nitrogens is 5. The molecular formula is C17H18BrN7O. The highest BCUT2D eigenvalue weighted by Gasteiger charge is 2.26. The first-order valence-electron chi connectivity index (χ1n) is 8.36. The Labute approximate surface area is 159 Å². The van der Waals surface area contributed by atoms with E-state index in [1.54, 1.807) is 23.1 Å². The zero-order valence-corrected chi connectivity index (χ0v) is 16.1. The molecule has 9 heteroatoms. The number of nitrogens with zero attached hydrogens (tertiary/aromatic N) is 7. The number of carbonyl (C=O) groups excluding carboxylic acids is 1. The summed E-state index contributed by atoms with van der Waals surface area (Å²) < 4.78 is 2.56. The third kappa shape index (κ3) is 3.03. The van der Waals surface area contributed by atoms with Crippen LogP contribution in [0.1, 0.15) is 21.7 Å². The molecule has 4 rings (SSSR count). The maximum atomic E-state index is 13.0. The van der Waals surface area contributed by atoms with Crippen molar-refractivity contribution in [2.75, 3.05) is 31.1 Å². The molecule has 0 unspecified atom stereocenters. The first-order chi connectivity index (χ1) is 12.5. The lowest BCUT2D eigenvalue weighted by atomic mass is 10.2. The van der Waals surface area contributed by atoms with Gasteiger partial charge in [0.25, 0.3) is 5.91 Å². The van der Waals surface area contributed by atoms with Crippen LogP contribution in [0.4, 0.5) is 5.95 Å². The summed E-state index contributed by atoms with van der Waals surface area (Å²) >= 11 is 3.34. The standard InChI is InChI=1S/C17H18BrN7O/c1-11-7-12(2)25-15(22-11)14(10-21-25)16(26)23-3-5-24(6-4-23)17-19-8-13(18)9-20-17/h7-10H,3-6H2,1-2H3. The van der Waals surface area contributed by atoms with Gasteiger partial charge in [-0.2, -0.15) is 5.10 Å². The van der Waals surface area contributed by atoms with E-state index < -0.39 is 0 Å². The number of carbonyl (C=O) groups is 1. The van der Waals surface area contributed by atoms with Crippen LogP contribution in [0.15, 0.2) is 29.1 Å². The number of hydrogen-bond acceptors (Lipinski definition) is 6. The van der Waals surface area contributed by atoms with Gasteiger partial charge < -0.3 is 9.80 Å². The first-order valence-corrected chi connectivity index (χ1v) is 9.16. The average Bonchev–Trinajstić information content (AvgIpc) is 3.06. The van der Waals surface area contributed by atoms with Crippen molar-refractivity contribution in [3.05, 3.63) is 46.1 Å². The van der Waals surface area contributed by atoms with Gasteiger partial charge in [0, 0.05) is 50.0 Å². The average molecular weight is 416 g/mol. The van der Waals surface area contributed by atoms with Crippen molar-refractivity contribution in [2.24, 2.45) is 0 Å². The van der Waals surface area contributed by atoms with Gasteiger partial charge in [-0.1, -0.05) is 0 Å².